The first kappa shape index (κ1) is 15.7. The van der Waals surface area contributed by atoms with Crippen LogP contribution in [-0.2, 0) is 4.79 Å². The minimum Gasteiger partial charge on any atom is -0.321 e. The topological polar surface area (TPSA) is 46.9 Å². The van der Waals surface area contributed by atoms with E-state index in [2.05, 4.69) is 46.9 Å². The van der Waals surface area contributed by atoms with Gasteiger partial charge in [-0.15, -0.1) is 0 Å². The van der Waals surface area contributed by atoms with Gasteiger partial charge in [-0.05, 0) is 55.8 Å². The fraction of sp³-hybridized carbons (Fsp3) is 0.100. The molecule has 0 bridgehead atoms. The van der Waals surface area contributed by atoms with Crippen LogP contribution in [0.3, 0.4) is 0 Å². The standard InChI is InChI=1S/C20H19N3O/c1-15-13-17(16(2)23(15)19-8-4-3-5-9-19)10-11-20(24)22-18-7-6-12-21-14-18/h3-14H,1-2H3,(H,22,24)/b11-10+. The van der Waals surface area contributed by atoms with Crippen molar-refractivity contribution in [2.24, 2.45) is 0 Å². The summed E-state index contributed by atoms with van der Waals surface area (Å²) in [6.45, 7) is 4.12. The summed E-state index contributed by atoms with van der Waals surface area (Å²) in [5.74, 6) is -0.174. The summed E-state index contributed by atoms with van der Waals surface area (Å²) in [6, 6.07) is 15.9. The van der Waals surface area contributed by atoms with Crippen LogP contribution in [0.25, 0.3) is 11.8 Å². The molecule has 3 aromatic rings. The largest absolute Gasteiger partial charge is 0.321 e. The summed E-state index contributed by atoms with van der Waals surface area (Å²) in [6.07, 6.45) is 6.68. The van der Waals surface area contributed by atoms with Gasteiger partial charge in [0.15, 0.2) is 0 Å². The lowest BCUT2D eigenvalue weighted by Gasteiger charge is -2.09. The van der Waals surface area contributed by atoms with Crippen molar-refractivity contribution in [2.45, 2.75) is 13.8 Å². The molecule has 1 amide bonds. The highest BCUT2D eigenvalue weighted by Gasteiger charge is 2.08. The molecule has 0 saturated carbocycles. The number of nitrogens with one attached hydrogen (secondary N) is 1. The van der Waals surface area contributed by atoms with Crippen molar-refractivity contribution in [1.29, 1.82) is 0 Å². The fourth-order valence-corrected chi connectivity index (χ4v) is 2.72. The number of rotatable bonds is 4. The van der Waals surface area contributed by atoms with Gasteiger partial charge in [0.05, 0.1) is 11.9 Å². The van der Waals surface area contributed by atoms with Gasteiger partial charge in [-0.3, -0.25) is 9.78 Å². The van der Waals surface area contributed by atoms with Crippen molar-refractivity contribution in [3.05, 3.63) is 84.0 Å². The molecule has 4 nitrogen and oxygen atoms in total. The Labute approximate surface area is 141 Å². The molecule has 0 aliphatic heterocycles. The van der Waals surface area contributed by atoms with Gasteiger partial charge in [0.1, 0.15) is 0 Å². The van der Waals surface area contributed by atoms with E-state index in [1.165, 1.54) is 0 Å². The molecular weight excluding hydrogens is 298 g/mol. The Kier molecular flexibility index (Phi) is 4.57. The zero-order valence-electron chi connectivity index (χ0n) is 13.7. The van der Waals surface area contributed by atoms with E-state index in [0.29, 0.717) is 5.69 Å². The normalized spacial score (nSPS) is 10.9. The van der Waals surface area contributed by atoms with Crippen LogP contribution in [0.15, 0.2) is 67.0 Å². The molecule has 3 rings (SSSR count). The summed E-state index contributed by atoms with van der Waals surface area (Å²) < 4.78 is 2.18. The highest BCUT2D eigenvalue weighted by atomic mass is 16.1. The monoisotopic (exact) mass is 317 g/mol. The van der Waals surface area contributed by atoms with Crippen molar-refractivity contribution in [2.75, 3.05) is 5.32 Å². The molecule has 0 spiro atoms. The van der Waals surface area contributed by atoms with E-state index in [4.69, 9.17) is 0 Å². The number of carbonyl (C=O) groups excluding carboxylic acids is 1. The maximum absolute atomic E-state index is 12.0. The first-order valence-electron chi connectivity index (χ1n) is 7.78. The summed E-state index contributed by atoms with van der Waals surface area (Å²) in [7, 11) is 0. The lowest BCUT2D eigenvalue weighted by atomic mass is 10.2. The molecule has 0 atom stereocenters. The smallest absolute Gasteiger partial charge is 0.248 e. The molecule has 1 N–H and O–H groups in total. The number of hydrogen-bond acceptors (Lipinski definition) is 2. The number of nitrogens with zero attached hydrogens (tertiary/aromatic N) is 2. The maximum atomic E-state index is 12.0. The van der Waals surface area contributed by atoms with Gasteiger partial charge in [-0.25, -0.2) is 0 Å². The highest BCUT2D eigenvalue weighted by molar-refractivity contribution is 6.01. The van der Waals surface area contributed by atoms with Gasteiger partial charge in [0, 0.05) is 29.3 Å². The summed E-state index contributed by atoms with van der Waals surface area (Å²) in [4.78, 5) is 16.0. The van der Waals surface area contributed by atoms with E-state index in [1.807, 2.05) is 24.3 Å². The maximum Gasteiger partial charge on any atom is 0.248 e. The van der Waals surface area contributed by atoms with Crippen molar-refractivity contribution >= 4 is 17.7 Å². The van der Waals surface area contributed by atoms with E-state index < -0.39 is 0 Å². The van der Waals surface area contributed by atoms with Crippen molar-refractivity contribution in [1.82, 2.24) is 9.55 Å². The van der Waals surface area contributed by atoms with Gasteiger partial charge in [0.25, 0.3) is 0 Å². The van der Waals surface area contributed by atoms with Crippen molar-refractivity contribution < 1.29 is 4.79 Å². The SMILES string of the molecule is Cc1cc(/C=C/C(=O)Nc2cccnc2)c(C)n1-c1ccccc1. The number of hydrogen-bond donors (Lipinski definition) is 1. The molecule has 2 heterocycles. The van der Waals surface area contributed by atoms with E-state index in [1.54, 1.807) is 30.6 Å². The molecule has 0 aliphatic carbocycles. The van der Waals surface area contributed by atoms with Crippen molar-refractivity contribution in [3.63, 3.8) is 0 Å². The number of pyridine rings is 1. The second-order valence-electron chi connectivity index (χ2n) is 5.56. The average molecular weight is 317 g/mol. The number of aryl methyl sites for hydroxylation is 1. The van der Waals surface area contributed by atoms with Crippen LogP contribution in [0.2, 0.25) is 0 Å². The first-order chi connectivity index (χ1) is 11.6. The Morgan fingerprint density at radius 2 is 1.92 bits per heavy atom. The molecule has 0 unspecified atom stereocenters. The van der Waals surface area contributed by atoms with Gasteiger partial charge in [-0.1, -0.05) is 18.2 Å². The lowest BCUT2D eigenvalue weighted by Crippen LogP contribution is -2.07. The fourth-order valence-electron chi connectivity index (χ4n) is 2.72. The molecule has 0 fully saturated rings. The predicted molar refractivity (Wildman–Crippen MR) is 97.1 cm³/mol. The van der Waals surface area contributed by atoms with E-state index >= 15 is 0 Å². The highest BCUT2D eigenvalue weighted by Crippen LogP contribution is 2.21. The Morgan fingerprint density at radius 1 is 1.12 bits per heavy atom. The number of carbonyl (C=O) groups is 1. The van der Waals surface area contributed by atoms with Crippen molar-refractivity contribution in [3.8, 4) is 5.69 Å². The third-order valence-corrected chi connectivity index (χ3v) is 3.83. The molecule has 1 aromatic carbocycles. The Morgan fingerprint density at radius 3 is 2.62 bits per heavy atom. The van der Waals surface area contributed by atoms with E-state index in [0.717, 1.165) is 22.6 Å². The first-order valence-corrected chi connectivity index (χ1v) is 7.78. The second-order valence-corrected chi connectivity index (χ2v) is 5.56. The van der Waals surface area contributed by atoms with Crippen LogP contribution in [0.4, 0.5) is 5.69 Å². The zero-order chi connectivity index (χ0) is 16.9. The van der Waals surface area contributed by atoms with Gasteiger partial charge in [0.2, 0.25) is 5.91 Å². The van der Waals surface area contributed by atoms with Crippen LogP contribution in [0.5, 0.6) is 0 Å². The third-order valence-electron chi connectivity index (χ3n) is 3.83. The number of benzene rings is 1. The molecule has 24 heavy (non-hydrogen) atoms. The lowest BCUT2D eigenvalue weighted by molar-refractivity contribution is -0.111. The molecule has 0 aliphatic rings. The Bertz CT molecular complexity index is 865. The number of amides is 1. The summed E-state index contributed by atoms with van der Waals surface area (Å²) >= 11 is 0. The molecular formula is C20H19N3O. The molecule has 0 saturated heterocycles. The Balaban J connectivity index is 1.80. The van der Waals surface area contributed by atoms with E-state index in [-0.39, 0.29) is 5.91 Å². The van der Waals surface area contributed by atoms with Gasteiger partial charge < -0.3 is 9.88 Å². The van der Waals surface area contributed by atoms with E-state index in [9.17, 15) is 4.79 Å². The van der Waals surface area contributed by atoms with Gasteiger partial charge in [-0.2, -0.15) is 0 Å². The summed E-state index contributed by atoms with van der Waals surface area (Å²) in [5.41, 5.74) is 5.06. The average Bonchev–Trinajstić information content (AvgIpc) is 2.88. The number of para-hydroxylation sites is 1. The minimum absolute atomic E-state index is 0.174. The molecule has 120 valence electrons. The molecule has 2 aromatic heterocycles. The zero-order valence-corrected chi connectivity index (χ0v) is 13.7. The van der Waals surface area contributed by atoms with Crippen LogP contribution in [0, 0.1) is 13.8 Å². The number of aromatic nitrogens is 2. The molecule has 4 heteroatoms. The third kappa shape index (κ3) is 3.43. The quantitative estimate of drug-likeness (QED) is 0.735. The molecule has 0 radical (unpaired) electrons. The number of anilines is 1. The predicted octanol–water partition coefficient (Wildman–Crippen LogP) is 4.14. The van der Waals surface area contributed by atoms with Gasteiger partial charge >= 0.3 is 0 Å². The van der Waals surface area contributed by atoms with Crippen LogP contribution in [0.1, 0.15) is 17.0 Å². The second kappa shape index (κ2) is 6.96. The van der Waals surface area contributed by atoms with Crippen LogP contribution < -0.4 is 5.32 Å². The minimum atomic E-state index is -0.174. The Hall–Kier alpha value is -3.14. The summed E-state index contributed by atoms with van der Waals surface area (Å²) in [5, 5.41) is 2.79. The van der Waals surface area contributed by atoms with Crippen LogP contribution in [-0.4, -0.2) is 15.5 Å². The van der Waals surface area contributed by atoms with Crippen LogP contribution >= 0.6 is 0 Å².